The Bertz CT molecular complexity index is 625. The molecule has 0 saturated carbocycles. The molecule has 0 bridgehead atoms. The van der Waals surface area contributed by atoms with Crippen LogP contribution < -0.4 is 11.4 Å². The molecule has 1 aromatic heterocycles. The Hall–Kier alpha value is -2.14. The number of carbonyl (C=O) groups excluding carboxylic acids is 1. The van der Waals surface area contributed by atoms with Crippen molar-refractivity contribution >= 4 is 5.78 Å². The molecule has 5 heteroatoms. The van der Waals surface area contributed by atoms with Gasteiger partial charge in [-0.2, -0.15) is 0 Å². The molecule has 0 saturated heterocycles. The summed E-state index contributed by atoms with van der Waals surface area (Å²) in [5.41, 5.74) is 6.34. The van der Waals surface area contributed by atoms with Gasteiger partial charge in [-0.1, -0.05) is 12.1 Å². The van der Waals surface area contributed by atoms with Crippen molar-refractivity contribution in [2.75, 3.05) is 6.54 Å². The summed E-state index contributed by atoms with van der Waals surface area (Å²) in [6.45, 7) is 0.302. The van der Waals surface area contributed by atoms with E-state index in [4.69, 9.17) is 5.73 Å². The Morgan fingerprint density at radius 3 is 2.61 bits per heavy atom. The van der Waals surface area contributed by atoms with Crippen LogP contribution in [-0.4, -0.2) is 21.5 Å². The van der Waals surface area contributed by atoms with Crippen LogP contribution in [0.2, 0.25) is 0 Å². The number of para-hydroxylation sites is 1. The van der Waals surface area contributed by atoms with Crippen LogP contribution in [-0.2, 0) is 7.05 Å². The fraction of sp³-hybridized carbons (Fsp3) is 0.231. The van der Waals surface area contributed by atoms with E-state index in [-0.39, 0.29) is 17.9 Å². The maximum atomic E-state index is 12.0. The van der Waals surface area contributed by atoms with E-state index in [1.54, 1.807) is 43.7 Å². The number of benzene rings is 1. The lowest BCUT2D eigenvalue weighted by Crippen LogP contribution is -2.22. The van der Waals surface area contributed by atoms with Crippen LogP contribution in [0, 0.1) is 0 Å². The van der Waals surface area contributed by atoms with Gasteiger partial charge in [0.05, 0.1) is 5.69 Å². The molecule has 2 N–H and O–H groups in total. The van der Waals surface area contributed by atoms with Crippen LogP contribution in [0.15, 0.2) is 41.5 Å². The number of hydrogen-bond acceptors (Lipinski definition) is 3. The number of nitrogens with two attached hydrogens (primary N) is 1. The van der Waals surface area contributed by atoms with Gasteiger partial charge in [0.1, 0.15) is 0 Å². The Morgan fingerprint density at radius 1 is 1.28 bits per heavy atom. The van der Waals surface area contributed by atoms with E-state index >= 15 is 0 Å². The van der Waals surface area contributed by atoms with Crippen LogP contribution in [0.25, 0.3) is 5.69 Å². The number of ketones is 1. The minimum Gasteiger partial charge on any atom is -0.330 e. The molecule has 0 aliphatic heterocycles. The first-order valence-corrected chi connectivity index (χ1v) is 5.72. The average Bonchev–Trinajstić information content (AvgIpc) is 2.70. The second-order valence-electron chi connectivity index (χ2n) is 4.04. The van der Waals surface area contributed by atoms with Gasteiger partial charge in [0.2, 0.25) is 0 Å². The van der Waals surface area contributed by atoms with Gasteiger partial charge >= 0.3 is 5.69 Å². The molecule has 0 amide bonds. The van der Waals surface area contributed by atoms with Gasteiger partial charge in [0.25, 0.3) is 0 Å². The first kappa shape index (κ1) is 12.3. The number of imidazole rings is 1. The van der Waals surface area contributed by atoms with Gasteiger partial charge in [0, 0.05) is 31.4 Å². The number of carbonyl (C=O) groups is 1. The Balaban J connectivity index is 2.55. The normalized spacial score (nSPS) is 10.6. The summed E-state index contributed by atoms with van der Waals surface area (Å²) in [6, 6.07) is 7.05. The van der Waals surface area contributed by atoms with E-state index in [0.717, 1.165) is 0 Å². The molecule has 0 aliphatic carbocycles. The molecule has 18 heavy (non-hydrogen) atoms. The zero-order valence-electron chi connectivity index (χ0n) is 10.2. The minimum atomic E-state index is -0.178. The first-order chi connectivity index (χ1) is 8.65. The second-order valence-corrected chi connectivity index (χ2v) is 4.04. The van der Waals surface area contributed by atoms with Gasteiger partial charge in [-0.05, 0) is 18.7 Å². The van der Waals surface area contributed by atoms with Gasteiger partial charge in [-0.25, -0.2) is 4.79 Å². The van der Waals surface area contributed by atoms with Crippen molar-refractivity contribution in [3.63, 3.8) is 0 Å². The number of Topliss-reactive ketones (excluding diaryl/α,β-unsaturated/α-hetero) is 1. The minimum absolute atomic E-state index is 0.0520. The lowest BCUT2D eigenvalue weighted by atomic mass is 10.1. The maximum Gasteiger partial charge on any atom is 0.332 e. The van der Waals surface area contributed by atoms with Crippen LogP contribution in [0.1, 0.15) is 16.8 Å². The summed E-state index contributed by atoms with van der Waals surface area (Å²) >= 11 is 0. The smallest absolute Gasteiger partial charge is 0.330 e. The van der Waals surface area contributed by atoms with Crippen molar-refractivity contribution in [1.29, 1.82) is 0 Å². The van der Waals surface area contributed by atoms with E-state index in [0.29, 0.717) is 17.8 Å². The standard InChI is InChI=1S/C13H15N3O2/c1-15-8-9-16(13(15)18)11-5-3-2-4-10(11)12(17)6-7-14/h2-5,8-9H,6-7,14H2,1H3. The van der Waals surface area contributed by atoms with Gasteiger partial charge in [-0.3, -0.25) is 9.36 Å². The quantitative estimate of drug-likeness (QED) is 0.806. The van der Waals surface area contributed by atoms with Gasteiger partial charge in [0.15, 0.2) is 5.78 Å². The van der Waals surface area contributed by atoms with E-state index in [1.165, 1.54) is 9.13 Å². The predicted octanol–water partition coefficient (Wildman–Crippen LogP) is 0.708. The fourth-order valence-corrected chi connectivity index (χ4v) is 1.83. The molecular weight excluding hydrogens is 230 g/mol. The molecule has 2 rings (SSSR count). The monoisotopic (exact) mass is 245 g/mol. The van der Waals surface area contributed by atoms with Crippen LogP contribution in [0.4, 0.5) is 0 Å². The van der Waals surface area contributed by atoms with Gasteiger partial charge < -0.3 is 10.3 Å². The maximum absolute atomic E-state index is 12.0. The molecule has 0 fully saturated rings. The SMILES string of the molecule is Cn1ccn(-c2ccccc2C(=O)CCN)c1=O. The predicted molar refractivity (Wildman–Crippen MR) is 69.0 cm³/mol. The highest BCUT2D eigenvalue weighted by Crippen LogP contribution is 2.14. The zero-order chi connectivity index (χ0) is 13.1. The summed E-state index contributed by atoms with van der Waals surface area (Å²) in [5, 5.41) is 0. The Morgan fingerprint density at radius 2 is 2.00 bits per heavy atom. The molecule has 2 aromatic rings. The molecular formula is C13H15N3O2. The Kier molecular flexibility index (Phi) is 3.43. The Labute approximate surface area is 104 Å². The molecule has 0 aliphatic rings. The van der Waals surface area contributed by atoms with Crippen molar-refractivity contribution in [1.82, 2.24) is 9.13 Å². The molecule has 94 valence electrons. The molecule has 0 unspecified atom stereocenters. The van der Waals surface area contributed by atoms with Crippen molar-refractivity contribution < 1.29 is 4.79 Å². The number of aryl methyl sites for hydroxylation is 1. The lowest BCUT2D eigenvalue weighted by molar-refractivity contribution is 0.0985. The molecule has 1 aromatic carbocycles. The zero-order valence-corrected chi connectivity index (χ0v) is 10.2. The number of hydrogen-bond donors (Lipinski definition) is 1. The molecule has 0 atom stereocenters. The fourth-order valence-electron chi connectivity index (χ4n) is 1.83. The third-order valence-corrected chi connectivity index (χ3v) is 2.78. The third-order valence-electron chi connectivity index (χ3n) is 2.78. The number of nitrogens with zero attached hydrogens (tertiary/aromatic N) is 2. The number of rotatable bonds is 4. The highest BCUT2D eigenvalue weighted by atomic mass is 16.1. The van der Waals surface area contributed by atoms with Crippen molar-refractivity contribution in [2.24, 2.45) is 12.8 Å². The highest BCUT2D eigenvalue weighted by Gasteiger charge is 2.13. The summed E-state index contributed by atoms with van der Waals surface area (Å²) in [6.07, 6.45) is 3.59. The third kappa shape index (κ3) is 2.12. The molecule has 1 heterocycles. The second kappa shape index (κ2) is 5.01. The largest absolute Gasteiger partial charge is 0.332 e. The molecule has 5 nitrogen and oxygen atoms in total. The van der Waals surface area contributed by atoms with Crippen molar-refractivity contribution in [3.05, 3.63) is 52.7 Å². The number of aromatic nitrogens is 2. The summed E-state index contributed by atoms with van der Waals surface area (Å²) in [4.78, 5) is 23.8. The van der Waals surface area contributed by atoms with E-state index in [9.17, 15) is 9.59 Å². The van der Waals surface area contributed by atoms with Crippen molar-refractivity contribution in [2.45, 2.75) is 6.42 Å². The van der Waals surface area contributed by atoms with Crippen molar-refractivity contribution in [3.8, 4) is 5.69 Å². The first-order valence-electron chi connectivity index (χ1n) is 5.72. The van der Waals surface area contributed by atoms with Crippen LogP contribution >= 0.6 is 0 Å². The molecule has 0 radical (unpaired) electrons. The van der Waals surface area contributed by atoms with E-state index in [1.807, 2.05) is 0 Å². The molecule has 0 spiro atoms. The summed E-state index contributed by atoms with van der Waals surface area (Å²) in [7, 11) is 1.67. The topological polar surface area (TPSA) is 70.0 Å². The summed E-state index contributed by atoms with van der Waals surface area (Å²) in [5.74, 6) is -0.0520. The highest BCUT2D eigenvalue weighted by molar-refractivity contribution is 5.99. The van der Waals surface area contributed by atoms with Crippen LogP contribution in [0.5, 0.6) is 0 Å². The van der Waals surface area contributed by atoms with Crippen LogP contribution in [0.3, 0.4) is 0 Å². The van der Waals surface area contributed by atoms with Gasteiger partial charge in [-0.15, -0.1) is 0 Å². The van der Waals surface area contributed by atoms with E-state index < -0.39 is 0 Å². The average molecular weight is 245 g/mol. The lowest BCUT2D eigenvalue weighted by Gasteiger charge is -2.08. The summed E-state index contributed by atoms with van der Waals surface area (Å²) < 4.78 is 2.92. The van der Waals surface area contributed by atoms with E-state index in [2.05, 4.69) is 0 Å².